The fourth-order valence-corrected chi connectivity index (χ4v) is 1.97. The van der Waals surface area contributed by atoms with Gasteiger partial charge in [0.05, 0.1) is 18.2 Å². The van der Waals surface area contributed by atoms with Crippen LogP contribution in [0.5, 0.6) is 0 Å². The van der Waals surface area contributed by atoms with Crippen molar-refractivity contribution in [1.29, 1.82) is 5.26 Å². The first-order valence-corrected chi connectivity index (χ1v) is 7.39. The first-order chi connectivity index (χ1) is 11.6. The van der Waals surface area contributed by atoms with Crippen LogP contribution in [-0.2, 0) is 9.53 Å². The lowest BCUT2D eigenvalue weighted by atomic mass is 10.1. The van der Waals surface area contributed by atoms with E-state index in [0.717, 1.165) is 5.56 Å². The van der Waals surface area contributed by atoms with E-state index in [1.165, 1.54) is 12.1 Å². The highest BCUT2D eigenvalue weighted by Gasteiger charge is 2.06. The van der Waals surface area contributed by atoms with Gasteiger partial charge in [-0.3, -0.25) is 4.79 Å². The Morgan fingerprint density at radius 2 is 1.96 bits per heavy atom. The summed E-state index contributed by atoms with van der Waals surface area (Å²) in [7, 11) is 0. The van der Waals surface area contributed by atoms with Gasteiger partial charge in [0.25, 0.3) is 5.91 Å². The first kappa shape index (κ1) is 17.0. The molecule has 0 aromatic heterocycles. The smallest absolute Gasteiger partial charge is 0.330 e. The van der Waals surface area contributed by atoms with E-state index in [-0.39, 0.29) is 5.91 Å². The van der Waals surface area contributed by atoms with E-state index in [2.05, 4.69) is 5.32 Å². The summed E-state index contributed by atoms with van der Waals surface area (Å²) in [5.41, 5.74) is 2.28. The summed E-state index contributed by atoms with van der Waals surface area (Å²) in [6.07, 6.45) is 2.99. The summed E-state index contributed by atoms with van der Waals surface area (Å²) in [6, 6.07) is 15.5. The predicted molar refractivity (Wildman–Crippen MR) is 91.2 cm³/mol. The van der Waals surface area contributed by atoms with Crippen LogP contribution in [0.15, 0.2) is 54.6 Å². The maximum atomic E-state index is 12.2. The van der Waals surface area contributed by atoms with E-state index in [1.807, 2.05) is 6.07 Å². The zero-order valence-corrected chi connectivity index (χ0v) is 13.2. The number of anilines is 1. The van der Waals surface area contributed by atoms with Crippen LogP contribution < -0.4 is 5.32 Å². The fraction of sp³-hybridized carbons (Fsp3) is 0.105. The Bertz CT molecular complexity index is 802. The molecule has 2 rings (SSSR count). The number of rotatable bonds is 5. The second-order valence-corrected chi connectivity index (χ2v) is 4.85. The van der Waals surface area contributed by atoms with E-state index in [4.69, 9.17) is 10.00 Å². The van der Waals surface area contributed by atoms with Gasteiger partial charge in [0.2, 0.25) is 0 Å². The number of hydrogen-bond acceptors (Lipinski definition) is 4. The third-order valence-corrected chi connectivity index (χ3v) is 3.12. The molecule has 0 heterocycles. The van der Waals surface area contributed by atoms with Crippen LogP contribution in [0.3, 0.4) is 0 Å². The summed E-state index contributed by atoms with van der Waals surface area (Å²) in [4.78, 5) is 23.4. The van der Waals surface area contributed by atoms with Crippen LogP contribution in [0.4, 0.5) is 5.69 Å². The van der Waals surface area contributed by atoms with Gasteiger partial charge in [0, 0.05) is 17.3 Å². The second-order valence-electron chi connectivity index (χ2n) is 4.85. The number of carbonyl (C=O) groups is 2. The van der Waals surface area contributed by atoms with E-state index in [1.54, 1.807) is 55.5 Å². The molecular weight excluding hydrogens is 304 g/mol. The highest BCUT2D eigenvalue weighted by Crippen LogP contribution is 2.13. The van der Waals surface area contributed by atoms with Gasteiger partial charge in [-0.2, -0.15) is 5.26 Å². The molecule has 2 aromatic rings. The van der Waals surface area contributed by atoms with Gasteiger partial charge in [-0.1, -0.05) is 18.2 Å². The largest absolute Gasteiger partial charge is 0.463 e. The molecule has 5 heteroatoms. The van der Waals surface area contributed by atoms with Crippen molar-refractivity contribution >= 4 is 23.6 Å². The highest BCUT2D eigenvalue weighted by atomic mass is 16.5. The van der Waals surface area contributed by atoms with Gasteiger partial charge in [0.1, 0.15) is 0 Å². The van der Waals surface area contributed by atoms with E-state index < -0.39 is 5.97 Å². The molecule has 0 saturated heterocycles. The molecule has 0 atom stereocenters. The lowest BCUT2D eigenvalue weighted by Crippen LogP contribution is -2.11. The summed E-state index contributed by atoms with van der Waals surface area (Å²) in [5.74, 6) is -0.686. The van der Waals surface area contributed by atoms with E-state index in [0.29, 0.717) is 23.4 Å². The van der Waals surface area contributed by atoms with Crippen LogP contribution in [0.1, 0.15) is 28.4 Å². The molecule has 0 spiro atoms. The fourth-order valence-electron chi connectivity index (χ4n) is 1.97. The van der Waals surface area contributed by atoms with Gasteiger partial charge in [-0.15, -0.1) is 0 Å². The standard InChI is InChI=1S/C19H16N2O3/c1-2-24-18(22)11-8-14-6-9-17(10-7-14)21-19(23)16-5-3-4-15(12-16)13-20/h3-12H,2H2,1H3,(H,21,23)/b11-8+. The molecule has 1 N–H and O–H groups in total. The Balaban J connectivity index is 2.02. The lowest BCUT2D eigenvalue weighted by molar-refractivity contribution is -0.137. The Hall–Kier alpha value is -3.39. The minimum atomic E-state index is -0.396. The van der Waals surface area contributed by atoms with Crippen molar-refractivity contribution in [3.63, 3.8) is 0 Å². The van der Waals surface area contributed by atoms with Crippen LogP contribution >= 0.6 is 0 Å². The predicted octanol–water partition coefficient (Wildman–Crippen LogP) is 3.39. The second kappa shape index (κ2) is 8.30. The van der Waals surface area contributed by atoms with Gasteiger partial charge in [0.15, 0.2) is 0 Å². The maximum Gasteiger partial charge on any atom is 0.330 e. The average Bonchev–Trinajstić information content (AvgIpc) is 2.61. The monoisotopic (exact) mass is 320 g/mol. The zero-order chi connectivity index (χ0) is 17.4. The summed E-state index contributed by atoms with van der Waals surface area (Å²) in [5, 5.41) is 11.6. The van der Waals surface area contributed by atoms with Gasteiger partial charge in [-0.25, -0.2) is 4.79 Å². The van der Waals surface area contributed by atoms with Crippen molar-refractivity contribution in [2.45, 2.75) is 6.92 Å². The molecule has 1 amide bonds. The third kappa shape index (κ3) is 4.82. The van der Waals surface area contributed by atoms with Crippen molar-refractivity contribution in [1.82, 2.24) is 0 Å². The van der Waals surface area contributed by atoms with Crippen molar-refractivity contribution in [3.8, 4) is 6.07 Å². The van der Waals surface area contributed by atoms with Crippen molar-refractivity contribution in [2.75, 3.05) is 11.9 Å². The van der Waals surface area contributed by atoms with Crippen LogP contribution in [0.2, 0.25) is 0 Å². The summed E-state index contributed by atoms with van der Waals surface area (Å²) < 4.78 is 4.80. The molecule has 0 aliphatic heterocycles. The van der Waals surface area contributed by atoms with E-state index in [9.17, 15) is 9.59 Å². The lowest BCUT2D eigenvalue weighted by Gasteiger charge is -2.06. The zero-order valence-electron chi connectivity index (χ0n) is 13.2. The van der Waals surface area contributed by atoms with Gasteiger partial charge < -0.3 is 10.1 Å². The number of benzene rings is 2. The molecular formula is C19H16N2O3. The molecule has 5 nitrogen and oxygen atoms in total. The molecule has 120 valence electrons. The Kier molecular flexibility index (Phi) is 5.87. The molecule has 0 unspecified atom stereocenters. The molecule has 0 bridgehead atoms. The minimum Gasteiger partial charge on any atom is -0.463 e. The minimum absolute atomic E-state index is 0.290. The average molecular weight is 320 g/mol. The molecule has 0 aliphatic carbocycles. The first-order valence-electron chi connectivity index (χ1n) is 7.39. The van der Waals surface area contributed by atoms with E-state index >= 15 is 0 Å². The Labute approximate surface area is 140 Å². The SMILES string of the molecule is CCOC(=O)/C=C/c1ccc(NC(=O)c2cccc(C#N)c2)cc1. The van der Waals surface area contributed by atoms with Crippen molar-refractivity contribution in [2.24, 2.45) is 0 Å². The molecule has 24 heavy (non-hydrogen) atoms. The Morgan fingerprint density at radius 3 is 2.62 bits per heavy atom. The quantitative estimate of drug-likeness (QED) is 0.676. The number of carbonyl (C=O) groups excluding carboxylic acids is 2. The van der Waals surface area contributed by atoms with Crippen LogP contribution in [-0.4, -0.2) is 18.5 Å². The molecule has 0 fully saturated rings. The molecule has 2 aromatic carbocycles. The Morgan fingerprint density at radius 1 is 1.21 bits per heavy atom. The van der Waals surface area contributed by atoms with Crippen molar-refractivity contribution < 1.29 is 14.3 Å². The molecule has 0 aliphatic rings. The number of amides is 1. The number of hydrogen-bond donors (Lipinski definition) is 1. The molecule has 0 radical (unpaired) electrons. The maximum absolute atomic E-state index is 12.2. The number of ether oxygens (including phenoxy) is 1. The van der Waals surface area contributed by atoms with Crippen LogP contribution in [0, 0.1) is 11.3 Å². The number of nitrogens with zero attached hydrogens (tertiary/aromatic N) is 1. The molecule has 0 saturated carbocycles. The van der Waals surface area contributed by atoms with Crippen LogP contribution in [0.25, 0.3) is 6.08 Å². The topological polar surface area (TPSA) is 79.2 Å². The normalized spacial score (nSPS) is 10.2. The highest BCUT2D eigenvalue weighted by molar-refractivity contribution is 6.04. The number of nitrogens with one attached hydrogen (secondary N) is 1. The number of nitriles is 1. The van der Waals surface area contributed by atoms with Gasteiger partial charge in [-0.05, 0) is 48.9 Å². The number of esters is 1. The summed E-state index contributed by atoms with van der Waals surface area (Å²) in [6.45, 7) is 2.08. The third-order valence-electron chi connectivity index (χ3n) is 3.12. The van der Waals surface area contributed by atoms with Gasteiger partial charge >= 0.3 is 5.97 Å². The van der Waals surface area contributed by atoms with Crippen molar-refractivity contribution in [3.05, 3.63) is 71.3 Å². The summed E-state index contributed by atoms with van der Waals surface area (Å²) >= 11 is 0.